The van der Waals surface area contributed by atoms with Crippen molar-refractivity contribution in [2.75, 3.05) is 20.7 Å². The second kappa shape index (κ2) is 6.05. The number of ether oxygens (including phenoxy) is 1. The minimum Gasteiger partial charge on any atom is -0.462 e. The van der Waals surface area contributed by atoms with Crippen LogP contribution >= 0.6 is 0 Å². The number of hydrogen-bond acceptors (Lipinski definition) is 4. The first-order chi connectivity index (χ1) is 6.17. The van der Waals surface area contributed by atoms with Gasteiger partial charge in [0.05, 0.1) is 6.61 Å². The molecule has 0 rings (SSSR count). The largest absolute Gasteiger partial charge is 0.462 e. The molecule has 0 aliphatic carbocycles. The zero-order valence-electron chi connectivity index (χ0n) is 8.13. The molecule has 0 aromatic heterocycles. The molecule has 0 aliphatic heterocycles. The Hall–Kier alpha value is -1.52. The molecule has 0 heterocycles. The zero-order valence-corrected chi connectivity index (χ0v) is 8.13. The molecule has 3 N–H and O–H groups in total. The van der Waals surface area contributed by atoms with Gasteiger partial charge in [-0.05, 0) is 6.92 Å². The predicted octanol–water partition coefficient (Wildman–Crippen LogP) is -0.360. The Labute approximate surface area is 77.7 Å². The number of nitrogens with two attached hydrogens (primary N) is 1. The molecule has 5 nitrogen and oxygen atoms in total. The van der Waals surface area contributed by atoms with Gasteiger partial charge in [0.1, 0.15) is 11.4 Å². The molecular formula is C8H15N3O2. The maximum absolute atomic E-state index is 11.2. The molecule has 0 aromatic carbocycles. The predicted molar refractivity (Wildman–Crippen MR) is 51.3 cm³/mol. The number of amidine groups is 1. The monoisotopic (exact) mass is 185 g/mol. The van der Waals surface area contributed by atoms with Gasteiger partial charge in [0.2, 0.25) is 0 Å². The Morgan fingerprint density at radius 1 is 1.69 bits per heavy atom. The van der Waals surface area contributed by atoms with Crippen molar-refractivity contribution < 1.29 is 9.53 Å². The van der Waals surface area contributed by atoms with Gasteiger partial charge in [0, 0.05) is 20.3 Å². The third-order valence-corrected chi connectivity index (χ3v) is 1.30. The molecule has 74 valence electrons. The van der Waals surface area contributed by atoms with E-state index in [4.69, 9.17) is 10.5 Å². The first kappa shape index (κ1) is 11.5. The molecule has 13 heavy (non-hydrogen) atoms. The van der Waals surface area contributed by atoms with E-state index in [1.807, 2.05) is 0 Å². The average molecular weight is 185 g/mol. The van der Waals surface area contributed by atoms with Crippen LogP contribution in [0.3, 0.4) is 0 Å². The van der Waals surface area contributed by atoms with Crippen molar-refractivity contribution in [3.8, 4) is 0 Å². The summed E-state index contributed by atoms with van der Waals surface area (Å²) in [4.78, 5) is 14.9. The van der Waals surface area contributed by atoms with E-state index in [2.05, 4.69) is 10.3 Å². The Kier molecular flexibility index (Phi) is 5.34. The Bertz CT molecular complexity index is 234. The van der Waals surface area contributed by atoms with Crippen molar-refractivity contribution in [1.82, 2.24) is 5.32 Å². The molecule has 0 saturated carbocycles. The summed E-state index contributed by atoms with van der Waals surface area (Å²) in [5.41, 5.74) is 5.72. The van der Waals surface area contributed by atoms with E-state index in [9.17, 15) is 4.79 Å². The first-order valence-electron chi connectivity index (χ1n) is 3.94. The number of aliphatic imine (C=N–C) groups is 1. The van der Waals surface area contributed by atoms with E-state index in [-0.39, 0.29) is 11.4 Å². The molecule has 0 saturated heterocycles. The third kappa shape index (κ3) is 3.59. The van der Waals surface area contributed by atoms with Crippen LogP contribution in [0.5, 0.6) is 0 Å². The lowest BCUT2D eigenvalue weighted by atomic mass is 10.2. The molecule has 0 radical (unpaired) electrons. The molecule has 5 heteroatoms. The minimum absolute atomic E-state index is 0.160. The molecule has 0 aliphatic rings. The molecule has 0 unspecified atom stereocenters. The minimum atomic E-state index is -0.472. The third-order valence-electron chi connectivity index (χ3n) is 1.30. The van der Waals surface area contributed by atoms with Crippen LogP contribution in [-0.2, 0) is 9.53 Å². The lowest BCUT2D eigenvalue weighted by Crippen LogP contribution is -2.24. The van der Waals surface area contributed by atoms with Gasteiger partial charge < -0.3 is 15.8 Å². The van der Waals surface area contributed by atoms with Crippen LogP contribution in [0.15, 0.2) is 16.8 Å². The number of hydrogen-bond donors (Lipinski definition) is 2. The Morgan fingerprint density at radius 2 is 2.31 bits per heavy atom. The van der Waals surface area contributed by atoms with Crippen molar-refractivity contribution in [3.63, 3.8) is 0 Å². The highest BCUT2D eigenvalue weighted by Crippen LogP contribution is 1.96. The summed E-state index contributed by atoms with van der Waals surface area (Å²) in [6, 6.07) is 0. The summed E-state index contributed by atoms with van der Waals surface area (Å²) in [6.45, 7) is 2.05. The fourth-order valence-electron chi connectivity index (χ4n) is 0.711. The number of nitrogens with one attached hydrogen (secondary N) is 1. The number of carbonyl (C=O) groups excluding carboxylic acids is 1. The summed E-state index contributed by atoms with van der Waals surface area (Å²) in [5.74, 6) is -0.312. The maximum Gasteiger partial charge on any atom is 0.343 e. The van der Waals surface area contributed by atoms with Gasteiger partial charge in [0.25, 0.3) is 0 Å². The van der Waals surface area contributed by atoms with E-state index in [1.165, 1.54) is 13.2 Å². The van der Waals surface area contributed by atoms with Gasteiger partial charge in [-0.1, -0.05) is 0 Å². The van der Waals surface area contributed by atoms with Gasteiger partial charge >= 0.3 is 5.97 Å². The topological polar surface area (TPSA) is 76.7 Å². The fraction of sp³-hybridized carbons (Fsp3) is 0.500. The molecule has 0 aromatic rings. The van der Waals surface area contributed by atoms with E-state index in [1.54, 1.807) is 14.0 Å². The van der Waals surface area contributed by atoms with Crippen LogP contribution in [-0.4, -0.2) is 32.5 Å². The number of rotatable bonds is 4. The van der Waals surface area contributed by atoms with Crippen molar-refractivity contribution in [3.05, 3.63) is 11.8 Å². The second-order valence-corrected chi connectivity index (χ2v) is 2.18. The van der Waals surface area contributed by atoms with Crippen LogP contribution < -0.4 is 11.1 Å². The highest BCUT2D eigenvalue weighted by molar-refractivity contribution is 6.18. The van der Waals surface area contributed by atoms with E-state index in [0.29, 0.717) is 6.61 Å². The van der Waals surface area contributed by atoms with Crippen LogP contribution in [0.25, 0.3) is 0 Å². The summed E-state index contributed by atoms with van der Waals surface area (Å²) < 4.78 is 4.77. The summed E-state index contributed by atoms with van der Waals surface area (Å²) in [5, 5.41) is 2.70. The lowest BCUT2D eigenvalue weighted by Gasteiger charge is -2.05. The van der Waals surface area contributed by atoms with Crippen LogP contribution in [0.2, 0.25) is 0 Å². The molecular weight excluding hydrogens is 170 g/mol. The Morgan fingerprint density at radius 3 is 2.69 bits per heavy atom. The van der Waals surface area contributed by atoms with Gasteiger partial charge in [0.15, 0.2) is 0 Å². The highest BCUT2D eigenvalue weighted by atomic mass is 16.5. The van der Waals surface area contributed by atoms with Crippen LogP contribution in [0.1, 0.15) is 6.92 Å². The number of carbonyl (C=O) groups is 1. The highest BCUT2D eigenvalue weighted by Gasteiger charge is 2.13. The van der Waals surface area contributed by atoms with E-state index >= 15 is 0 Å². The number of nitrogens with zero attached hydrogens (tertiary/aromatic N) is 1. The van der Waals surface area contributed by atoms with Crippen molar-refractivity contribution >= 4 is 11.8 Å². The molecule has 0 spiro atoms. The zero-order chi connectivity index (χ0) is 10.3. The van der Waals surface area contributed by atoms with Gasteiger partial charge in [-0.25, -0.2) is 4.79 Å². The maximum atomic E-state index is 11.2. The average Bonchev–Trinajstić information content (AvgIpc) is 2.13. The number of esters is 1. The first-order valence-corrected chi connectivity index (χ1v) is 3.94. The lowest BCUT2D eigenvalue weighted by molar-refractivity contribution is -0.137. The molecule has 0 atom stereocenters. The van der Waals surface area contributed by atoms with E-state index in [0.717, 1.165) is 0 Å². The fourth-order valence-corrected chi connectivity index (χ4v) is 0.711. The second-order valence-electron chi connectivity index (χ2n) is 2.18. The van der Waals surface area contributed by atoms with Gasteiger partial charge in [-0.3, -0.25) is 4.99 Å². The Balaban J connectivity index is 4.62. The summed E-state index contributed by atoms with van der Waals surface area (Å²) in [6.07, 6.45) is 1.46. The molecule has 0 fully saturated rings. The molecule has 0 bridgehead atoms. The molecule has 0 amide bonds. The standard InChI is InChI=1S/C8H15N3O2/c1-4-13-8(12)6(5-10-2)7(9)11-3/h5,10H,4H2,1-3H3,(H2,9,11)/b6-5+. The summed E-state index contributed by atoms with van der Waals surface area (Å²) in [7, 11) is 3.18. The smallest absolute Gasteiger partial charge is 0.343 e. The normalized spacial score (nSPS) is 12.5. The van der Waals surface area contributed by atoms with Gasteiger partial charge in [-0.15, -0.1) is 0 Å². The van der Waals surface area contributed by atoms with Crippen molar-refractivity contribution in [2.24, 2.45) is 10.7 Å². The van der Waals surface area contributed by atoms with E-state index < -0.39 is 5.97 Å². The van der Waals surface area contributed by atoms with Gasteiger partial charge in [-0.2, -0.15) is 0 Å². The quantitative estimate of drug-likeness (QED) is 0.271. The van der Waals surface area contributed by atoms with Crippen molar-refractivity contribution in [1.29, 1.82) is 0 Å². The van der Waals surface area contributed by atoms with Crippen molar-refractivity contribution in [2.45, 2.75) is 6.92 Å². The van der Waals surface area contributed by atoms with Crippen LogP contribution in [0, 0.1) is 0 Å². The SMILES string of the molecule is CCOC(=O)/C(=C/NC)C(N)=NC. The summed E-state index contributed by atoms with van der Waals surface area (Å²) >= 11 is 0. The van der Waals surface area contributed by atoms with Crippen LogP contribution in [0.4, 0.5) is 0 Å².